The number of anilines is 1. The molecule has 3 rings (SSSR count). The minimum Gasteiger partial charge on any atom is -0.378 e. The molecule has 2 heterocycles. The zero-order valence-electron chi connectivity index (χ0n) is 11.6. The van der Waals surface area contributed by atoms with Gasteiger partial charge >= 0.3 is 0 Å². The molecule has 1 N–H and O–H groups in total. The number of nitrogens with zero attached hydrogens (tertiary/aromatic N) is 3. The van der Waals surface area contributed by atoms with Gasteiger partial charge < -0.3 is 14.2 Å². The molecule has 1 atom stereocenters. The monoisotopic (exact) mass is 331 g/mol. The van der Waals surface area contributed by atoms with Gasteiger partial charge in [-0.3, -0.25) is 0 Å². The molecule has 0 radical (unpaired) electrons. The molecule has 2 aliphatic rings. The van der Waals surface area contributed by atoms with Gasteiger partial charge in [-0.05, 0) is 24.4 Å². The lowest BCUT2D eigenvalue weighted by atomic mass is 9.68. The van der Waals surface area contributed by atoms with E-state index in [4.69, 9.17) is 16.3 Å². The third-order valence-corrected chi connectivity index (χ3v) is 5.24. The fourth-order valence-corrected chi connectivity index (χ4v) is 4.03. The second kappa shape index (κ2) is 6.16. The van der Waals surface area contributed by atoms with Gasteiger partial charge in [-0.15, -0.1) is 0 Å². The van der Waals surface area contributed by atoms with Crippen molar-refractivity contribution in [3.8, 4) is 0 Å². The van der Waals surface area contributed by atoms with Crippen LogP contribution in [0.4, 0.5) is 5.82 Å². The number of aromatic nitrogens is 2. The average molecular weight is 332 g/mol. The number of ether oxygens (including phenoxy) is 1. The van der Waals surface area contributed by atoms with Crippen LogP contribution in [-0.4, -0.2) is 50.8 Å². The predicted octanol–water partition coefficient (Wildman–Crippen LogP) is 1.61. The van der Waals surface area contributed by atoms with Gasteiger partial charge in [0.1, 0.15) is 5.82 Å². The first-order valence-corrected chi connectivity index (χ1v) is 8.70. The molecule has 0 amide bonds. The van der Waals surface area contributed by atoms with Gasteiger partial charge in [-0.1, -0.05) is 6.42 Å². The lowest BCUT2D eigenvalue weighted by Gasteiger charge is -2.40. The van der Waals surface area contributed by atoms with E-state index in [0.29, 0.717) is 13.2 Å². The van der Waals surface area contributed by atoms with Gasteiger partial charge in [-0.25, -0.2) is 14.2 Å². The van der Waals surface area contributed by atoms with E-state index in [9.17, 15) is 8.76 Å². The van der Waals surface area contributed by atoms with Crippen LogP contribution >= 0.6 is 11.6 Å². The van der Waals surface area contributed by atoms with Gasteiger partial charge in [0.05, 0.1) is 24.7 Å². The molecule has 116 valence electrons. The smallest absolute Gasteiger partial charge is 0.224 e. The Morgan fingerprint density at radius 3 is 2.67 bits per heavy atom. The molecule has 0 spiro atoms. The summed E-state index contributed by atoms with van der Waals surface area (Å²) in [5.41, 5.74) is 0.463. The lowest BCUT2D eigenvalue weighted by molar-refractivity contribution is 0.122. The fourth-order valence-electron chi connectivity index (χ4n) is 2.95. The van der Waals surface area contributed by atoms with E-state index in [0.717, 1.165) is 43.9 Å². The van der Waals surface area contributed by atoms with E-state index in [1.165, 1.54) is 0 Å². The van der Waals surface area contributed by atoms with Crippen molar-refractivity contribution in [2.24, 2.45) is 0 Å². The molecular weight excluding hydrogens is 314 g/mol. The summed E-state index contributed by atoms with van der Waals surface area (Å²) in [6.45, 7) is 2.88. The van der Waals surface area contributed by atoms with Crippen molar-refractivity contribution in [2.75, 3.05) is 37.0 Å². The van der Waals surface area contributed by atoms with Gasteiger partial charge in [0.25, 0.3) is 0 Å². The van der Waals surface area contributed by atoms with Crippen molar-refractivity contribution in [3.05, 3.63) is 17.0 Å². The maximum Gasteiger partial charge on any atom is 0.224 e. The summed E-state index contributed by atoms with van der Waals surface area (Å²) >= 11 is 4.24. The zero-order valence-corrected chi connectivity index (χ0v) is 13.2. The van der Waals surface area contributed by atoms with Crippen molar-refractivity contribution in [2.45, 2.75) is 24.7 Å². The normalized spacial score (nSPS) is 22.7. The van der Waals surface area contributed by atoms with Crippen LogP contribution in [0.15, 0.2) is 6.07 Å². The van der Waals surface area contributed by atoms with Crippen LogP contribution in [0.2, 0.25) is 5.28 Å². The van der Waals surface area contributed by atoms with Gasteiger partial charge in [0.2, 0.25) is 5.28 Å². The summed E-state index contributed by atoms with van der Waals surface area (Å²) in [6.07, 6.45) is 2.79. The molecule has 1 aromatic rings. The molecule has 0 bridgehead atoms. The molecule has 1 aromatic heterocycles. The van der Waals surface area contributed by atoms with E-state index in [1.54, 1.807) is 0 Å². The predicted molar refractivity (Wildman–Crippen MR) is 81.2 cm³/mol. The minimum atomic E-state index is -1.84. The highest BCUT2D eigenvalue weighted by molar-refractivity contribution is 7.79. The summed E-state index contributed by atoms with van der Waals surface area (Å²) in [7, 11) is 0. The van der Waals surface area contributed by atoms with Gasteiger partial charge in [-0.2, -0.15) is 0 Å². The molecular formula is C13H18ClN3O3S. The molecule has 1 aliphatic carbocycles. The van der Waals surface area contributed by atoms with Crippen LogP contribution in [0.3, 0.4) is 0 Å². The molecule has 1 aliphatic heterocycles. The second-order valence-corrected chi connectivity index (χ2v) is 6.85. The fraction of sp³-hybridized carbons (Fsp3) is 0.692. The molecule has 2 fully saturated rings. The molecule has 0 aromatic carbocycles. The Bertz CT molecular complexity index is 547. The maximum absolute atomic E-state index is 11.3. The van der Waals surface area contributed by atoms with Crippen LogP contribution in [0, 0.1) is 0 Å². The van der Waals surface area contributed by atoms with Crippen LogP contribution < -0.4 is 4.90 Å². The SMILES string of the molecule is O=S(O)CC1(c2cc(N3CCOCC3)nc(Cl)n2)CCC1. The summed E-state index contributed by atoms with van der Waals surface area (Å²) in [5, 5.41) is 0.198. The van der Waals surface area contributed by atoms with Crippen molar-refractivity contribution >= 4 is 28.5 Å². The highest BCUT2D eigenvalue weighted by Gasteiger charge is 2.42. The highest BCUT2D eigenvalue weighted by Crippen LogP contribution is 2.44. The minimum absolute atomic E-state index is 0.198. The number of hydrogen-bond acceptors (Lipinski definition) is 5. The van der Waals surface area contributed by atoms with Crippen LogP contribution in [0.1, 0.15) is 25.0 Å². The molecule has 1 unspecified atom stereocenters. The third kappa shape index (κ3) is 3.21. The Hall–Kier alpha value is -0.760. The summed E-state index contributed by atoms with van der Waals surface area (Å²) in [5.74, 6) is 0.992. The second-order valence-electron chi connectivity index (χ2n) is 5.58. The largest absolute Gasteiger partial charge is 0.378 e. The third-order valence-electron chi connectivity index (χ3n) is 4.27. The summed E-state index contributed by atoms with van der Waals surface area (Å²) in [4.78, 5) is 10.7. The number of rotatable bonds is 4. The molecule has 6 nitrogen and oxygen atoms in total. The first kappa shape index (κ1) is 15.1. The van der Waals surface area contributed by atoms with Crippen molar-refractivity contribution in [1.29, 1.82) is 0 Å². The van der Waals surface area contributed by atoms with Crippen molar-refractivity contribution in [1.82, 2.24) is 9.97 Å². The molecule has 8 heteroatoms. The topological polar surface area (TPSA) is 75.5 Å². The average Bonchev–Trinajstić information content (AvgIpc) is 2.43. The first-order valence-electron chi connectivity index (χ1n) is 7.04. The molecule has 1 saturated carbocycles. The van der Waals surface area contributed by atoms with Crippen molar-refractivity contribution < 1.29 is 13.5 Å². The van der Waals surface area contributed by atoms with Gasteiger partial charge in [0, 0.05) is 24.6 Å². The number of hydrogen-bond donors (Lipinski definition) is 1. The van der Waals surface area contributed by atoms with Gasteiger partial charge in [0.15, 0.2) is 11.1 Å². The Labute approximate surface area is 131 Å². The Kier molecular flexibility index (Phi) is 4.44. The van der Waals surface area contributed by atoms with Crippen LogP contribution in [-0.2, 0) is 21.2 Å². The lowest BCUT2D eigenvalue weighted by Crippen LogP contribution is -2.41. The number of halogens is 1. The Balaban J connectivity index is 1.91. The number of morpholine rings is 1. The summed E-state index contributed by atoms with van der Waals surface area (Å²) < 4.78 is 25.9. The van der Waals surface area contributed by atoms with E-state index < -0.39 is 11.1 Å². The molecule has 21 heavy (non-hydrogen) atoms. The quantitative estimate of drug-likeness (QED) is 0.667. The van der Waals surface area contributed by atoms with E-state index in [2.05, 4.69) is 14.9 Å². The first-order chi connectivity index (χ1) is 10.1. The summed E-state index contributed by atoms with van der Waals surface area (Å²) in [6, 6.07) is 1.92. The maximum atomic E-state index is 11.3. The molecule has 1 saturated heterocycles. The highest BCUT2D eigenvalue weighted by atomic mass is 35.5. The Morgan fingerprint density at radius 2 is 2.10 bits per heavy atom. The van der Waals surface area contributed by atoms with E-state index in [-0.39, 0.29) is 16.5 Å². The van der Waals surface area contributed by atoms with E-state index in [1.807, 2.05) is 6.07 Å². The Morgan fingerprint density at radius 1 is 1.38 bits per heavy atom. The van der Waals surface area contributed by atoms with Crippen molar-refractivity contribution in [3.63, 3.8) is 0 Å². The van der Waals surface area contributed by atoms with Crippen LogP contribution in [0.5, 0.6) is 0 Å². The standard InChI is InChI=1S/C13H18ClN3O3S/c14-12-15-10(13(2-1-3-13)9-21(18)19)8-11(16-12)17-4-6-20-7-5-17/h8H,1-7,9H2,(H,18,19). The van der Waals surface area contributed by atoms with E-state index >= 15 is 0 Å². The zero-order chi connectivity index (χ0) is 14.9. The van der Waals surface area contributed by atoms with Crippen LogP contribution in [0.25, 0.3) is 0 Å².